The number of carbonyl (C=O) groups excluding carboxylic acids is 2. The fourth-order valence-electron chi connectivity index (χ4n) is 3.61. The van der Waals surface area contributed by atoms with E-state index in [-0.39, 0.29) is 23.7 Å². The first-order chi connectivity index (χ1) is 15.3. The molecule has 0 saturated carbocycles. The van der Waals surface area contributed by atoms with Crippen LogP contribution in [-0.2, 0) is 14.3 Å². The number of ether oxygens (including phenoxy) is 3. The van der Waals surface area contributed by atoms with Gasteiger partial charge in [-0.3, -0.25) is 9.69 Å². The summed E-state index contributed by atoms with van der Waals surface area (Å²) in [6, 6.07) is 4.77. The number of hydrogen-bond acceptors (Lipinski definition) is 7. The molecular formula is C24H30N2O5S. The van der Waals surface area contributed by atoms with Crippen LogP contribution in [0.25, 0.3) is 0 Å². The minimum atomic E-state index is -0.652. The Hall–Kier alpha value is -2.74. The number of amides is 1. The average Bonchev–Trinajstić information content (AvgIpc) is 3.09. The molecule has 1 aromatic rings. The molecule has 2 unspecified atom stereocenters. The third-order valence-electron chi connectivity index (χ3n) is 5.15. The largest absolute Gasteiger partial charge is 0.493 e. The van der Waals surface area contributed by atoms with E-state index in [9.17, 15) is 9.59 Å². The Labute approximate surface area is 193 Å². The lowest BCUT2D eigenvalue weighted by atomic mass is 9.93. The summed E-state index contributed by atoms with van der Waals surface area (Å²) in [5, 5.41) is 0.378. The molecule has 1 aromatic carbocycles. The summed E-state index contributed by atoms with van der Waals surface area (Å²) in [7, 11) is 1.55. The molecule has 1 fully saturated rings. The van der Waals surface area contributed by atoms with Crippen LogP contribution in [0, 0.1) is 5.92 Å². The number of thioether (sulfide) groups is 1. The third-order valence-corrected chi connectivity index (χ3v) is 6.47. The summed E-state index contributed by atoms with van der Waals surface area (Å²) in [4.78, 5) is 32.6. The molecule has 32 heavy (non-hydrogen) atoms. The maximum atomic E-state index is 13.2. The summed E-state index contributed by atoms with van der Waals surface area (Å²) in [5.41, 5.74) is 1.64. The van der Waals surface area contributed by atoms with Gasteiger partial charge in [0.25, 0.3) is 0 Å². The van der Waals surface area contributed by atoms with Crippen molar-refractivity contribution in [3.63, 3.8) is 0 Å². The smallest absolute Gasteiger partial charge is 0.338 e. The van der Waals surface area contributed by atoms with Crippen LogP contribution in [0.5, 0.6) is 11.5 Å². The number of esters is 1. The maximum Gasteiger partial charge on any atom is 0.338 e. The highest BCUT2D eigenvalue weighted by Gasteiger charge is 2.47. The monoisotopic (exact) mass is 458 g/mol. The normalized spacial score (nSPS) is 20.2. The predicted octanol–water partition coefficient (Wildman–Crippen LogP) is 4.50. The maximum absolute atomic E-state index is 13.2. The number of allylic oxidation sites excluding steroid dienone is 1. The minimum Gasteiger partial charge on any atom is -0.493 e. The highest BCUT2D eigenvalue weighted by molar-refractivity contribution is 8.15. The molecule has 8 heteroatoms. The quantitative estimate of drug-likeness (QED) is 0.401. The van der Waals surface area contributed by atoms with Gasteiger partial charge < -0.3 is 14.2 Å². The van der Waals surface area contributed by atoms with E-state index in [1.165, 1.54) is 11.8 Å². The van der Waals surface area contributed by atoms with E-state index >= 15 is 0 Å². The van der Waals surface area contributed by atoms with Crippen molar-refractivity contribution < 1.29 is 23.8 Å². The molecule has 7 nitrogen and oxygen atoms in total. The molecule has 1 amide bonds. The van der Waals surface area contributed by atoms with Gasteiger partial charge in [0.05, 0.1) is 36.3 Å². The molecule has 0 bridgehead atoms. The fraction of sp³-hybridized carbons (Fsp3) is 0.458. The van der Waals surface area contributed by atoms with Crippen LogP contribution >= 0.6 is 11.8 Å². The van der Waals surface area contributed by atoms with Gasteiger partial charge in [-0.15, -0.1) is 0 Å². The van der Waals surface area contributed by atoms with E-state index in [2.05, 4.69) is 11.6 Å². The van der Waals surface area contributed by atoms with Gasteiger partial charge in [0.1, 0.15) is 6.61 Å². The van der Waals surface area contributed by atoms with Crippen molar-refractivity contribution in [1.82, 2.24) is 4.90 Å². The zero-order valence-corrected chi connectivity index (χ0v) is 20.0. The van der Waals surface area contributed by atoms with Gasteiger partial charge in [0, 0.05) is 0 Å². The Morgan fingerprint density at radius 2 is 2.09 bits per heavy atom. The van der Waals surface area contributed by atoms with E-state index in [1.807, 2.05) is 26.8 Å². The van der Waals surface area contributed by atoms with Crippen LogP contribution in [0.15, 0.2) is 47.1 Å². The number of rotatable bonds is 9. The summed E-state index contributed by atoms with van der Waals surface area (Å²) < 4.78 is 16.7. The van der Waals surface area contributed by atoms with Gasteiger partial charge in [-0.1, -0.05) is 51.3 Å². The first-order valence-electron chi connectivity index (χ1n) is 10.7. The van der Waals surface area contributed by atoms with Crippen LogP contribution < -0.4 is 9.47 Å². The number of nitrogens with zero attached hydrogens (tertiary/aromatic N) is 2. The number of aliphatic imine (C=N–C) groups is 1. The van der Waals surface area contributed by atoms with Gasteiger partial charge in [0.15, 0.2) is 16.7 Å². The topological polar surface area (TPSA) is 77.4 Å². The van der Waals surface area contributed by atoms with Crippen molar-refractivity contribution in [2.24, 2.45) is 10.9 Å². The molecule has 172 valence electrons. The Balaban J connectivity index is 2.09. The molecule has 3 rings (SSSR count). The second kappa shape index (κ2) is 10.3. The molecule has 2 heterocycles. The summed E-state index contributed by atoms with van der Waals surface area (Å²) >= 11 is 1.43. The Morgan fingerprint density at radius 3 is 2.72 bits per heavy atom. The standard InChI is InChI=1S/C24H30N2O5S/c1-7-11-30-17-10-9-16(12-18(17)29-6)21-20(23(28)31-13-14(3)4)15(5)25-24-26(21)22(27)19(8-2)32-24/h7,9-10,12,14,19,21H,1,8,11,13H2,2-6H3. The van der Waals surface area contributed by atoms with Gasteiger partial charge >= 0.3 is 5.97 Å². The van der Waals surface area contributed by atoms with Crippen molar-refractivity contribution in [1.29, 1.82) is 0 Å². The van der Waals surface area contributed by atoms with Crippen molar-refractivity contribution in [2.45, 2.75) is 45.4 Å². The second-order valence-electron chi connectivity index (χ2n) is 8.02. The van der Waals surface area contributed by atoms with E-state index in [0.29, 0.717) is 41.0 Å². The zero-order valence-electron chi connectivity index (χ0n) is 19.2. The zero-order chi connectivity index (χ0) is 23.4. The number of amidine groups is 1. The first kappa shape index (κ1) is 23.9. The molecule has 0 spiro atoms. The summed E-state index contributed by atoms with van der Waals surface area (Å²) in [6.07, 6.45) is 2.33. The van der Waals surface area contributed by atoms with E-state index in [0.717, 1.165) is 5.56 Å². The highest BCUT2D eigenvalue weighted by Crippen LogP contribution is 2.45. The van der Waals surface area contributed by atoms with Crippen LogP contribution in [0.1, 0.15) is 45.7 Å². The van der Waals surface area contributed by atoms with Crippen LogP contribution in [0.3, 0.4) is 0 Å². The van der Waals surface area contributed by atoms with Crippen molar-refractivity contribution in [3.05, 3.63) is 47.7 Å². The number of carbonyl (C=O) groups is 2. The molecule has 1 saturated heterocycles. The molecule has 0 aliphatic carbocycles. The third kappa shape index (κ3) is 4.70. The lowest BCUT2D eigenvalue weighted by Gasteiger charge is -2.33. The van der Waals surface area contributed by atoms with Gasteiger partial charge in [-0.05, 0) is 37.0 Å². The minimum absolute atomic E-state index is 0.0612. The molecule has 0 N–H and O–H groups in total. The Morgan fingerprint density at radius 1 is 1.34 bits per heavy atom. The lowest BCUT2D eigenvalue weighted by Crippen LogP contribution is -2.41. The van der Waals surface area contributed by atoms with Crippen molar-refractivity contribution >= 4 is 28.8 Å². The Kier molecular flexibility index (Phi) is 7.66. The highest BCUT2D eigenvalue weighted by atomic mass is 32.2. The SMILES string of the molecule is C=CCOc1ccc(C2C(C(=O)OCC(C)C)=C(C)N=C3SC(CC)C(=O)N32)cc1OC. The van der Waals surface area contributed by atoms with Gasteiger partial charge in [-0.2, -0.15) is 0 Å². The van der Waals surface area contributed by atoms with E-state index in [4.69, 9.17) is 14.2 Å². The number of benzene rings is 1. The number of fused-ring (bicyclic) bond motifs is 1. The van der Waals surface area contributed by atoms with Crippen molar-refractivity contribution in [3.8, 4) is 11.5 Å². The van der Waals surface area contributed by atoms with Gasteiger partial charge in [0.2, 0.25) is 5.91 Å². The molecule has 0 aromatic heterocycles. The molecule has 2 aliphatic heterocycles. The summed E-state index contributed by atoms with van der Waals surface area (Å²) in [6.45, 7) is 12.0. The predicted molar refractivity (Wildman–Crippen MR) is 126 cm³/mol. The van der Waals surface area contributed by atoms with Crippen LogP contribution in [0.4, 0.5) is 0 Å². The van der Waals surface area contributed by atoms with Gasteiger partial charge in [-0.25, -0.2) is 9.79 Å². The van der Waals surface area contributed by atoms with Crippen LogP contribution in [-0.4, -0.2) is 47.5 Å². The molecule has 2 aliphatic rings. The molecular weight excluding hydrogens is 428 g/mol. The van der Waals surface area contributed by atoms with Crippen molar-refractivity contribution in [2.75, 3.05) is 20.3 Å². The average molecular weight is 459 g/mol. The number of hydrogen-bond donors (Lipinski definition) is 0. The van der Waals surface area contributed by atoms with E-state index < -0.39 is 12.0 Å². The van der Waals surface area contributed by atoms with Crippen LogP contribution in [0.2, 0.25) is 0 Å². The Bertz CT molecular complexity index is 969. The fourth-order valence-corrected chi connectivity index (χ4v) is 4.74. The first-order valence-corrected chi connectivity index (χ1v) is 11.6. The molecule has 0 radical (unpaired) electrons. The molecule has 2 atom stereocenters. The second-order valence-corrected chi connectivity index (χ2v) is 9.19. The number of methoxy groups -OCH3 is 1. The summed E-state index contributed by atoms with van der Waals surface area (Å²) in [5.74, 6) is 0.726. The lowest BCUT2D eigenvalue weighted by molar-refractivity contribution is -0.141. The van der Waals surface area contributed by atoms with E-state index in [1.54, 1.807) is 37.1 Å².